The molecule has 0 radical (unpaired) electrons. The quantitative estimate of drug-likeness (QED) is 0.478. The minimum Gasteiger partial charge on any atom is -0.469 e. The summed E-state index contributed by atoms with van der Waals surface area (Å²) in [5.41, 5.74) is 0.331. The number of likely N-dealkylation sites (tertiary alicyclic amines) is 1. The largest absolute Gasteiger partial charge is 0.469 e. The number of nitrogens with one attached hydrogen (secondary N) is 2. The number of aromatic amines is 1. The average Bonchev–Trinajstić information content (AvgIpc) is 3.05. The van der Waals surface area contributed by atoms with Crippen LogP contribution < -0.4 is 10.5 Å². The first-order valence-corrected chi connectivity index (χ1v) is 10.4. The van der Waals surface area contributed by atoms with E-state index in [1.165, 1.54) is 30.5 Å². The van der Waals surface area contributed by atoms with E-state index in [4.69, 9.17) is 14.2 Å². The third kappa shape index (κ3) is 4.82. The van der Waals surface area contributed by atoms with Crippen molar-refractivity contribution in [3.63, 3.8) is 0 Å². The predicted molar refractivity (Wildman–Crippen MR) is 106 cm³/mol. The van der Waals surface area contributed by atoms with Crippen LogP contribution in [0.5, 0.6) is 0 Å². The van der Waals surface area contributed by atoms with Gasteiger partial charge < -0.3 is 24.1 Å². The second-order valence-electron chi connectivity index (χ2n) is 7.10. The zero-order valence-corrected chi connectivity index (χ0v) is 17.6. The van der Waals surface area contributed by atoms with Crippen LogP contribution in [0.3, 0.4) is 0 Å². The summed E-state index contributed by atoms with van der Waals surface area (Å²) in [5, 5.41) is 0.428. The van der Waals surface area contributed by atoms with Crippen molar-refractivity contribution in [1.29, 1.82) is 0 Å². The first kappa shape index (κ1) is 21.4. The highest BCUT2D eigenvalue weighted by Crippen LogP contribution is 2.27. The summed E-state index contributed by atoms with van der Waals surface area (Å²) in [5.74, 6) is -0.102. The zero-order chi connectivity index (χ0) is 21.0. The molecule has 3 rings (SSSR count). The first-order chi connectivity index (χ1) is 13.9. The van der Waals surface area contributed by atoms with Crippen LogP contribution in [0.4, 0.5) is 0 Å². The highest BCUT2D eigenvalue weighted by molar-refractivity contribution is 7.20. The van der Waals surface area contributed by atoms with Crippen molar-refractivity contribution in [3.05, 3.63) is 26.6 Å². The summed E-state index contributed by atoms with van der Waals surface area (Å²) in [6.45, 7) is 4.37. The standard InChI is InChI=1S/C19H25N3O6S/c1-11-14-16(23)20-13(10-22-6-4-12(5-7-22)18(24)27-3)21-17(14)29-15(11)19(25)28-9-8-26-2/h12H,4-10H2,1-3H3,(H,20,21,23)/p+1. The molecule has 0 amide bonds. The summed E-state index contributed by atoms with van der Waals surface area (Å²) < 4.78 is 14.9. The Kier molecular flexibility index (Phi) is 6.99. The summed E-state index contributed by atoms with van der Waals surface area (Å²) in [7, 11) is 2.94. The van der Waals surface area contributed by atoms with Gasteiger partial charge in [0.05, 0.1) is 38.1 Å². The second kappa shape index (κ2) is 9.47. The molecule has 3 heterocycles. The van der Waals surface area contributed by atoms with Crippen molar-refractivity contribution < 1.29 is 28.7 Å². The van der Waals surface area contributed by atoms with Gasteiger partial charge in [0.2, 0.25) is 0 Å². The van der Waals surface area contributed by atoms with E-state index in [2.05, 4.69) is 9.97 Å². The van der Waals surface area contributed by atoms with Gasteiger partial charge in [0.15, 0.2) is 5.82 Å². The number of methoxy groups -OCH3 is 2. The molecule has 1 fully saturated rings. The minimum absolute atomic E-state index is 0.0511. The number of nitrogens with zero attached hydrogens (tertiary/aromatic N) is 1. The van der Waals surface area contributed by atoms with Crippen LogP contribution in [0.15, 0.2) is 4.79 Å². The van der Waals surface area contributed by atoms with E-state index >= 15 is 0 Å². The van der Waals surface area contributed by atoms with E-state index < -0.39 is 5.97 Å². The first-order valence-electron chi connectivity index (χ1n) is 9.54. The van der Waals surface area contributed by atoms with Crippen LogP contribution in [0.1, 0.15) is 33.9 Å². The maximum atomic E-state index is 12.6. The molecule has 29 heavy (non-hydrogen) atoms. The average molecular weight is 424 g/mol. The van der Waals surface area contributed by atoms with Crippen LogP contribution in [-0.4, -0.2) is 62.4 Å². The van der Waals surface area contributed by atoms with Crippen molar-refractivity contribution in [2.75, 3.05) is 40.5 Å². The smallest absolute Gasteiger partial charge is 0.348 e. The van der Waals surface area contributed by atoms with Gasteiger partial charge in [-0.15, -0.1) is 11.3 Å². The van der Waals surface area contributed by atoms with E-state index in [1.807, 2.05) is 0 Å². The topological polar surface area (TPSA) is 112 Å². The minimum atomic E-state index is -0.473. The lowest BCUT2D eigenvalue weighted by Gasteiger charge is -2.27. The Morgan fingerprint density at radius 1 is 1.24 bits per heavy atom. The van der Waals surface area contributed by atoms with Gasteiger partial charge in [0.25, 0.3) is 5.56 Å². The molecule has 0 unspecified atom stereocenters. The number of esters is 2. The number of carbonyl (C=O) groups is 2. The number of carbonyl (C=O) groups excluding carboxylic acids is 2. The summed E-state index contributed by atoms with van der Waals surface area (Å²) in [4.78, 5) is 46.1. The monoisotopic (exact) mass is 424 g/mol. The fourth-order valence-corrected chi connectivity index (χ4v) is 4.69. The Balaban J connectivity index is 1.73. The van der Waals surface area contributed by atoms with Crippen LogP contribution in [0.25, 0.3) is 10.2 Å². The van der Waals surface area contributed by atoms with Crippen molar-refractivity contribution in [1.82, 2.24) is 9.97 Å². The Hall–Kier alpha value is -2.30. The molecule has 2 N–H and O–H groups in total. The van der Waals surface area contributed by atoms with Gasteiger partial charge in [-0.05, 0) is 12.5 Å². The molecule has 0 saturated carbocycles. The van der Waals surface area contributed by atoms with Gasteiger partial charge >= 0.3 is 11.9 Å². The molecular weight excluding hydrogens is 398 g/mol. The molecule has 2 aromatic heterocycles. The molecule has 0 atom stereocenters. The van der Waals surface area contributed by atoms with Crippen LogP contribution in [0.2, 0.25) is 0 Å². The van der Waals surface area contributed by atoms with Crippen LogP contribution >= 0.6 is 11.3 Å². The van der Waals surface area contributed by atoms with Crippen molar-refractivity contribution in [3.8, 4) is 0 Å². The molecule has 158 valence electrons. The SMILES string of the molecule is COCCOC(=O)c1sc2nc(C[NH+]3CCC(C(=O)OC)CC3)[nH]c(=O)c2c1C. The Labute approximate surface area is 172 Å². The molecule has 0 aliphatic carbocycles. The van der Waals surface area contributed by atoms with Gasteiger partial charge in [0, 0.05) is 20.0 Å². The number of quaternary nitrogens is 1. The maximum absolute atomic E-state index is 12.6. The van der Waals surface area contributed by atoms with E-state index in [9.17, 15) is 14.4 Å². The Morgan fingerprint density at radius 2 is 1.97 bits per heavy atom. The fraction of sp³-hybridized carbons (Fsp3) is 0.579. The number of aromatic nitrogens is 2. The molecule has 1 aliphatic heterocycles. The molecule has 1 aliphatic rings. The number of H-pyrrole nitrogens is 1. The van der Waals surface area contributed by atoms with Gasteiger partial charge in [-0.3, -0.25) is 9.59 Å². The summed E-state index contributed by atoms with van der Waals surface area (Å²) >= 11 is 1.17. The van der Waals surface area contributed by atoms with E-state index in [0.29, 0.717) is 39.6 Å². The molecule has 0 spiro atoms. The van der Waals surface area contributed by atoms with Crippen LogP contribution in [0, 0.1) is 12.8 Å². The lowest BCUT2D eigenvalue weighted by molar-refractivity contribution is -0.920. The second-order valence-corrected chi connectivity index (χ2v) is 8.10. The summed E-state index contributed by atoms with van der Waals surface area (Å²) in [6, 6.07) is 0. The van der Waals surface area contributed by atoms with E-state index in [1.54, 1.807) is 6.92 Å². The number of hydrogen-bond acceptors (Lipinski definition) is 8. The van der Waals surface area contributed by atoms with E-state index in [-0.39, 0.29) is 24.1 Å². The van der Waals surface area contributed by atoms with E-state index in [0.717, 1.165) is 25.9 Å². The lowest BCUT2D eigenvalue weighted by atomic mass is 9.97. The summed E-state index contributed by atoms with van der Waals surface area (Å²) in [6.07, 6.45) is 1.51. The zero-order valence-electron chi connectivity index (χ0n) is 16.8. The highest BCUT2D eigenvalue weighted by atomic mass is 32.1. The number of piperidine rings is 1. The fourth-order valence-electron chi connectivity index (χ4n) is 3.59. The molecule has 10 heteroatoms. The highest BCUT2D eigenvalue weighted by Gasteiger charge is 2.29. The molecule has 2 aromatic rings. The number of aryl methyl sites for hydroxylation is 1. The third-order valence-corrected chi connectivity index (χ3v) is 6.37. The molecular formula is C19H26N3O6S+. The van der Waals surface area contributed by atoms with Crippen molar-refractivity contribution in [2.24, 2.45) is 5.92 Å². The normalized spacial score (nSPS) is 19.3. The number of rotatable bonds is 7. The molecule has 9 nitrogen and oxygen atoms in total. The van der Waals surface area contributed by atoms with Crippen LogP contribution in [-0.2, 0) is 25.5 Å². The van der Waals surface area contributed by atoms with Crippen molar-refractivity contribution in [2.45, 2.75) is 26.3 Å². The van der Waals surface area contributed by atoms with Gasteiger partial charge in [0.1, 0.15) is 22.9 Å². The molecule has 1 saturated heterocycles. The Bertz CT molecular complexity index is 945. The number of fused-ring (bicyclic) bond motifs is 1. The van der Waals surface area contributed by atoms with Crippen molar-refractivity contribution >= 4 is 33.5 Å². The number of hydrogen-bond donors (Lipinski definition) is 2. The number of ether oxygens (including phenoxy) is 3. The maximum Gasteiger partial charge on any atom is 0.348 e. The third-order valence-electron chi connectivity index (χ3n) is 5.20. The molecule has 0 aromatic carbocycles. The number of thiophene rings is 1. The lowest BCUT2D eigenvalue weighted by Crippen LogP contribution is -3.12. The van der Waals surface area contributed by atoms with Gasteiger partial charge in [-0.25, -0.2) is 9.78 Å². The molecule has 0 bridgehead atoms. The Morgan fingerprint density at radius 3 is 2.62 bits per heavy atom. The predicted octanol–water partition coefficient (Wildman–Crippen LogP) is 0.0641. The van der Waals surface area contributed by atoms with Gasteiger partial charge in [-0.1, -0.05) is 0 Å². The van der Waals surface area contributed by atoms with Gasteiger partial charge in [-0.2, -0.15) is 0 Å².